The minimum absolute atomic E-state index is 0.119. The van der Waals surface area contributed by atoms with Gasteiger partial charge in [0.2, 0.25) is 11.8 Å². The first-order valence-corrected chi connectivity index (χ1v) is 5.83. The van der Waals surface area contributed by atoms with Gasteiger partial charge in [-0.3, -0.25) is 9.59 Å². The van der Waals surface area contributed by atoms with Crippen LogP contribution in [0.1, 0.15) is 5.56 Å². The van der Waals surface area contributed by atoms with Crippen molar-refractivity contribution in [2.24, 2.45) is 11.5 Å². The molecule has 17 heavy (non-hydrogen) atoms. The van der Waals surface area contributed by atoms with Crippen LogP contribution < -0.4 is 11.5 Å². The van der Waals surface area contributed by atoms with E-state index in [2.05, 4.69) is 15.9 Å². The van der Waals surface area contributed by atoms with Crippen LogP contribution >= 0.6 is 15.9 Å². The minimum Gasteiger partial charge on any atom is -0.368 e. The molecule has 0 saturated heterocycles. The average molecular weight is 300 g/mol. The zero-order chi connectivity index (χ0) is 12.8. The van der Waals surface area contributed by atoms with E-state index in [1.165, 1.54) is 4.90 Å². The van der Waals surface area contributed by atoms with Crippen LogP contribution in [0.25, 0.3) is 0 Å². The lowest BCUT2D eigenvalue weighted by atomic mass is 10.2. The average Bonchev–Trinajstić information content (AvgIpc) is 2.29. The highest BCUT2D eigenvalue weighted by molar-refractivity contribution is 9.10. The summed E-state index contributed by atoms with van der Waals surface area (Å²) >= 11 is 3.32. The maximum absolute atomic E-state index is 11.5. The number of amides is 2. The zero-order valence-electron chi connectivity index (χ0n) is 9.23. The summed E-state index contributed by atoms with van der Waals surface area (Å²) in [6.07, 6.45) is 0. The van der Waals surface area contributed by atoms with Crippen molar-refractivity contribution < 1.29 is 9.59 Å². The SMILES string of the molecule is NCC(=O)N(CC(N)=O)Cc1ccc(Br)cc1. The molecule has 2 amide bonds. The van der Waals surface area contributed by atoms with Gasteiger partial charge in [0.05, 0.1) is 13.1 Å². The molecule has 0 aliphatic rings. The molecule has 0 radical (unpaired) electrons. The highest BCUT2D eigenvalue weighted by Crippen LogP contribution is 2.12. The number of benzene rings is 1. The number of nitrogens with two attached hydrogens (primary N) is 2. The van der Waals surface area contributed by atoms with E-state index in [-0.39, 0.29) is 19.0 Å². The van der Waals surface area contributed by atoms with Crippen LogP contribution in [0, 0.1) is 0 Å². The summed E-state index contributed by atoms with van der Waals surface area (Å²) in [7, 11) is 0. The Hall–Kier alpha value is -1.40. The van der Waals surface area contributed by atoms with E-state index in [0.29, 0.717) is 6.54 Å². The van der Waals surface area contributed by atoms with E-state index in [0.717, 1.165) is 10.0 Å². The van der Waals surface area contributed by atoms with Crippen molar-refractivity contribution in [1.82, 2.24) is 4.90 Å². The van der Waals surface area contributed by atoms with E-state index in [4.69, 9.17) is 11.5 Å². The lowest BCUT2D eigenvalue weighted by Gasteiger charge is -2.20. The molecule has 0 aliphatic carbocycles. The standard InChI is InChI=1S/C11H14BrN3O2/c12-9-3-1-8(2-4-9)6-15(7-10(14)16)11(17)5-13/h1-4H,5-7,13H2,(H2,14,16). The summed E-state index contributed by atoms with van der Waals surface area (Å²) in [5.74, 6) is -0.851. The van der Waals surface area contributed by atoms with Crippen molar-refractivity contribution in [2.45, 2.75) is 6.54 Å². The number of carbonyl (C=O) groups excluding carboxylic acids is 2. The Balaban J connectivity index is 2.75. The normalized spacial score (nSPS) is 10.0. The van der Waals surface area contributed by atoms with E-state index >= 15 is 0 Å². The maximum Gasteiger partial charge on any atom is 0.237 e. The number of primary amides is 1. The van der Waals surface area contributed by atoms with Crippen LogP contribution in [0.4, 0.5) is 0 Å². The Bertz CT molecular complexity index is 406. The number of hydrogen-bond acceptors (Lipinski definition) is 3. The molecule has 0 aromatic heterocycles. The first-order valence-electron chi connectivity index (χ1n) is 5.03. The molecule has 1 aromatic rings. The third-order valence-electron chi connectivity index (χ3n) is 2.16. The van der Waals surface area contributed by atoms with Gasteiger partial charge in [-0.05, 0) is 17.7 Å². The van der Waals surface area contributed by atoms with Crippen molar-refractivity contribution in [2.75, 3.05) is 13.1 Å². The zero-order valence-corrected chi connectivity index (χ0v) is 10.8. The molecule has 0 heterocycles. The fourth-order valence-electron chi connectivity index (χ4n) is 1.36. The topological polar surface area (TPSA) is 89.4 Å². The van der Waals surface area contributed by atoms with Gasteiger partial charge >= 0.3 is 0 Å². The summed E-state index contributed by atoms with van der Waals surface area (Å²) in [4.78, 5) is 23.7. The highest BCUT2D eigenvalue weighted by atomic mass is 79.9. The summed E-state index contributed by atoms with van der Waals surface area (Å²) < 4.78 is 0.952. The van der Waals surface area contributed by atoms with Gasteiger partial charge in [0.1, 0.15) is 0 Å². The van der Waals surface area contributed by atoms with E-state index in [1.807, 2.05) is 24.3 Å². The van der Waals surface area contributed by atoms with E-state index < -0.39 is 5.91 Å². The van der Waals surface area contributed by atoms with Crippen LogP contribution in [0.3, 0.4) is 0 Å². The Labute approximate surface area is 108 Å². The Morgan fingerprint density at radius 2 is 1.82 bits per heavy atom. The molecule has 4 N–H and O–H groups in total. The van der Waals surface area contributed by atoms with Gasteiger partial charge in [-0.2, -0.15) is 0 Å². The first-order chi connectivity index (χ1) is 8.02. The molecule has 5 nitrogen and oxygen atoms in total. The van der Waals surface area contributed by atoms with E-state index in [1.54, 1.807) is 0 Å². The monoisotopic (exact) mass is 299 g/mol. The number of nitrogens with zero attached hydrogens (tertiary/aromatic N) is 1. The van der Waals surface area contributed by atoms with Gasteiger partial charge in [-0.1, -0.05) is 28.1 Å². The van der Waals surface area contributed by atoms with Crippen molar-refractivity contribution in [3.05, 3.63) is 34.3 Å². The third kappa shape index (κ3) is 4.54. The van der Waals surface area contributed by atoms with Crippen molar-refractivity contribution in [3.8, 4) is 0 Å². The Morgan fingerprint density at radius 1 is 1.24 bits per heavy atom. The van der Waals surface area contributed by atoms with Crippen LogP contribution in [-0.2, 0) is 16.1 Å². The molecule has 0 fully saturated rings. The van der Waals surface area contributed by atoms with Gasteiger partial charge in [0.25, 0.3) is 0 Å². The van der Waals surface area contributed by atoms with Crippen LogP contribution in [0.15, 0.2) is 28.7 Å². The highest BCUT2D eigenvalue weighted by Gasteiger charge is 2.14. The second kappa shape index (κ2) is 6.36. The van der Waals surface area contributed by atoms with Crippen LogP contribution in [0.2, 0.25) is 0 Å². The Morgan fingerprint density at radius 3 is 2.29 bits per heavy atom. The summed E-state index contributed by atoms with van der Waals surface area (Å²) in [5, 5.41) is 0. The number of rotatable bonds is 5. The molecule has 0 atom stereocenters. The molecule has 0 aliphatic heterocycles. The number of halogens is 1. The fraction of sp³-hybridized carbons (Fsp3) is 0.273. The first kappa shape index (κ1) is 13.7. The summed E-state index contributed by atoms with van der Waals surface area (Å²) in [6.45, 7) is 0.0716. The lowest BCUT2D eigenvalue weighted by molar-refractivity contribution is -0.134. The van der Waals surface area contributed by atoms with Gasteiger partial charge in [-0.25, -0.2) is 0 Å². The molecule has 6 heteroatoms. The fourth-order valence-corrected chi connectivity index (χ4v) is 1.62. The second-order valence-electron chi connectivity index (χ2n) is 3.55. The molecule has 0 unspecified atom stereocenters. The third-order valence-corrected chi connectivity index (χ3v) is 2.69. The summed E-state index contributed by atoms with van der Waals surface area (Å²) in [6, 6.07) is 7.46. The Kier molecular flexibility index (Phi) is 5.11. The molecule has 0 spiro atoms. The largest absolute Gasteiger partial charge is 0.368 e. The van der Waals surface area contributed by atoms with Crippen molar-refractivity contribution in [3.63, 3.8) is 0 Å². The van der Waals surface area contributed by atoms with Gasteiger partial charge in [0.15, 0.2) is 0 Å². The van der Waals surface area contributed by atoms with Crippen molar-refractivity contribution in [1.29, 1.82) is 0 Å². The molecular formula is C11H14BrN3O2. The van der Waals surface area contributed by atoms with Crippen molar-refractivity contribution >= 4 is 27.7 Å². The van der Waals surface area contributed by atoms with Gasteiger partial charge < -0.3 is 16.4 Å². The van der Waals surface area contributed by atoms with Crippen LogP contribution in [-0.4, -0.2) is 29.8 Å². The number of carbonyl (C=O) groups is 2. The predicted molar refractivity (Wildman–Crippen MR) is 67.8 cm³/mol. The molecule has 1 aromatic carbocycles. The molecule has 92 valence electrons. The smallest absolute Gasteiger partial charge is 0.237 e. The van der Waals surface area contributed by atoms with E-state index in [9.17, 15) is 9.59 Å². The number of hydrogen-bond donors (Lipinski definition) is 2. The van der Waals surface area contributed by atoms with Gasteiger partial charge in [0, 0.05) is 11.0 Å². The second-order valence-corrected chi connectivity index (χ2v) is 4.46. The molecular weight excluding hydrogens is 286 g/mol. The lowest BCUT2D eigenvalue weighted by Crippen LogP contribution is -2.41. The molecule has 0 bridgehead atoms. The quantitative estimate of drug-likeness (QED) is 0.815. The summed E-state index contributed by atoms with van der Waals surface area (Å²) in [5.41, 5.74) is 11.3. The maximum atomic E-state index is 11.5. The van der Waals surface area contributed by atoms with Crippen LogP contribution in [0.5, 0.6) is 0 Å². The van der Waals surface area contributed by atoms with Gasteiger partial charge in [-0.15, -0.1) is 0 Å². The molecule has 0 saturated carbocycles. The molecule has 1 rings (SSSR count). The predicted octanol–water partition coefficient (Wildman–Crippen LogP) is 0.222. The minimum atomic E-state index is -0.552.